The first kappa shape index (κ1) is 14.8. The molecule has 0 radical (unpaired) electrons. The van der Waals surface area contributed by atoms with Gasteiger partial charge in [-0.3, -0.25) is 0 Å². The van der Waals surface area contributed by atoms with Crippen LogP contribution < -0.4 is 5.32 Å². The Bertz CT molecular complexity index is 644. The third-order valence-corrected chi connectivity index (χ3v) is 3.00. The SMILES string of the molecule is Cc1cc(Br)cn2cc(CNC(=O)OC(C)(C)C)nc12. The number of carbonyl (C=O) groups is 1. The molecule has 0 unspecified atom stereocenters. The van der Waals surface area contributed by atoms with E-state index in [9.17, 15) is 4.79 Å². The fourth-order valence-electron chi connectivity index (χ4n) is 1.84. The van der Waals surface area contributed by atoms with E-state index in [4.69, 9.17) is 4.74 Å². The second kappa shape index (κ2) is 5.44. The van der Waals surface area contributed by atoms with Crippen LogP contribution in [0.1, 0.15) is 32.0 Å². The van der Waals surface area contributed by atoms with Crippen molar-refractivity contribution in [1.82, 2.24) is 14.7 Å². The Morgan fingerprint density at radius 3 is 2.80 bits per heavy atom. The molecular weight excluding hydrogens is 322 g/mol. The maximum atomic E-state index is 11.6. The van der Waals surface area contributed by atoms with Crippen LogP contribution in [0.4, 0.5) is 4.79 Å². The van der Waals surface area contributed by atoms with Gasteiger partial charge in [0.15, 0.2) is 0 Å². The van der Waals surface area contributed by atoms with E-state index in [1.807, 2.05) is 50.6 Å². The van der Waals surface area contributed by atoms with Gasteiger partial charge in [0.1, 0.15) is 11.2 Å². The third kappa shape index (κ3) is 3.72. The predicted molar refractivity (Wildman–Crippen MR) is 80.7 cm³/mol. The van der Waals surface area contributed by atoms with Crippen molar-refractivity contribution in [2.45, 2.75) is 39.8 Å². The molecule has 0 saturated carbocycles. The lowest BCUT2D eigenvalue weighted by atomic mass is 10.2. The van der Waals surface area contributed by atoms with E-state index in [0.29, 0.717) is 6.54 Å². The zero-order chi connectivity index (χ0) is 14.9. The van der Waals surface area contributed by atoms with Crippen LogP contribution in [0.25, 0.3) is 5.65 Å². The highest BCUT2D eigenvalue weighted by molar-refractivity contribution is 9.10. The van der Waals surface area contributed by atoms with Crippen molar-refractivity contribution >= 4 is 27.7 Å². The molecule has 0 spiro atoms. The Kier molecular flexibility index (Phi) is 4.04. The molecule has 1 amide bonds. The number of hydrogen-bond donors (Lipinski definition) is 1. The van der Waals surface area contributed by atoms with Gasteiger partial charge in [-0.25, -0.2) is 9.78 Å². The lowest BCUT2D eigenvalue weighted by molar-refractivity contribution is 0.0523. The Hall–Kier alpha value is -1.56. The van der Waals surface area contributed by atoms with Crippen molar-refractivity contribution in [3.8, 4) is 0 Å². The van der Waals surface area contributed by atoms with Crippen LogP contribution in [0.15, 0.2) is 22.9 Å². The van der Waals surface area contributed by atoms with Crippen molar-refractivity contribution in [2.75, 3.05) is 0 Å². The number of halogens is 1. The topological polar surface area (TPSA) is 55.6 Å². The van der Waals surface area contributed by atoms with Gasteiger partial charge in [0.25, 0.3) is 0 Å². The zero-order valence-corrected chi connectivity index (χ0v) is 13.6. The van der Waals surface area contributed by atoms with Gasteiger partial charge in [0.05, 0.1) is 12.2 Å². The molecule has 2 heterocycles. The van der Waals surface area contributed by atoms with Gasteiger partial charge in [0.2, 0.25) is 0 Å². The predicted octanol–water partition coefficient (Wildman–Crippen LogP) is 3.43. The molecule has 20 heavy (non-hydrogen) atoms. The Morgan fingerprint density at radius 2 is 2.15 bits per heavy atom. The van der Waals surface area contributed by atoms with Crippen LogP contribution in [0.3, 0.4) is 0 Å². The molecule has 108 valence electrons. The van der Waals surface area contributed by atoms with Gasteiger partial charge < -0.3 is 14.5 Å². The number of carbonyl (C=O) groups excluding carboxylic acids is 1. The van der Waals surface area contributed by atoms with Gasteiger partial charge in [0, 0.05) is 16.9 Å². The summed E-state index contributed by atoms with van der Waals surface area (Å²) >= 11 is 3.45. The minimum absolute atomic E-state index is 0.341. The fourth-order valence-corrected chi connectivity index (χ4v) is 2.40. The summed E-state index contributed by atoms with van der Waals surface area (Å²) in [6.45, 7) is 7.83. The van der Waals surface area contributed by atoms with Crippen molar-refractivity contribution < 1.29 is 9.53 Å². The number of aromatic nitrogens is 2. The van der Waals surface area contributed by atoms with Gasteiger partial charge in [-0.15, -0.1) is 0 Å². The van der Waals surface area contributed by atoms with Crippen LogP contribution in [-0.4, -0.2) is 21.1 Å². The Labute approximate surface area is 126 Å². The molecule has 5 nitrogen and oxygen atoms in total. The molecule has 0 aliphatic carbocycles. The summed E-state index contributed by atoms with van der Waals surface area (Å²) < 4.78 is 8.11. The summed E-state index contributed by atoms with van der Waals surface area (Å²) in [5, 5.41) is 2.70. The molecule has 6 heteroatoms. The average Bonchev–Trinajstić information content (AvgIpc) is 2.67. The maximum absolute atomic E-state index is 11.6. The van der Waals surface area contributed by atoms with Crippen molar-refractivity contribution in [1.29, 1.82) is 0 Å². The molecular formula is C14H18BrN3O2. The largest absolute Gasteiger partial charge is 0.444 e. The highest BCUT2D eigenvalue weighted by Gasteiger charge is 2.16. The molecule has 2 aromatic rings. The number of aryl methyl sites for hydroxylation is 1. The molecule has 2 rings (SSSR count). The maximum Gasteiger partial charge on any atom is 0.407 e. The van der Waals surface area contributed by atoms with Gasteiger partial charge in [-0.2, -0.15) is 0 Å². The number of imidazole rings is 1. The first-order chi connectivity index (χ1) is 9.24. The van der Waals surface area contributed by atoms with E-state index >= 15 is 0 Å². The van der Waals surface area contributed by atoms with E-state index < -0.39 is 11.7 Å². The molecule has 0 saturated heterocycles. The lowest BCUT2D eigenvalue weighted by Crippen LogP contribution is -2.32. The number of hydrogen-bond acceptors (Lipinski definition) is 3. The summed E-state index contributed by atoms with van der Waals surface area (Å²) in [7, 11) is 0. The smallest absolute Gasteiger partial charge is 0.407 e. The number of amides is 1. The number of ether oxygens (including phenoxy) is 1. The van der Waals surface area contributed by atoms with E-state index in [-0.39, 0.29) is 0 Å². The Balaban J connectivity index is 2.08. The van der Waals surface area contributed by atoms with Crippen LogP contribution in [0, 0.1) is 6.92 Å². The van der Waals surface area contributed by atoms with Crippen molar-refractivity contribution in [2.24, 2.45) is 0 Å². The van der Waals surface area contributed by atoms with E-state index in [2.05, 4.69) is 26.2 Å². The van der Waals surface area contributed by atoms with Crippen LogP contribution in [0.5, 0.6) is 0 Å². The van der Waals surface area contributed by atoms with Gasteiger partial charge in [-0.05, 0) is 55.3 Å². The van der Waals surface area contributed by atoms with Gasteiger partial charge in [-0.1, -0.05) is 0 Å². The molecule has 0 fully saturated rings. The highest BCUT2D eigenvalue weighted by atomic mass is 79.9. The summed E-state index contributed by atoms with van der Waals surface area (Å²) in [5.41, 5.74) is 2.25. The Morgan fingerprint density at radius 1 is 1.45 bits per heavy atom. The second-order valence-electron chi connectivity index (χ2n) is 5.66. The molecule has 1 N–H and O–H groups in total. The number of nitrogens with one attached hydrogen (secondary N) is 1. The third-order valence-electron chi connectivity index (χ3n) is 2.56. The van der Waals surface area contributed by atoms with E-state index in [1.54, 1.807) is 0 Å². The molecule has 2 aromatic heterocycles. The monoisotopic (exact) mass is 339 g/mol. The summed E-state index contributed by atoms with van der Waals surface area (Å²) in [6, 6.07) is 2.01. The van der Waals surface area contributed by atoms with Crippen LogP contribution >= 0.6 is 15.9 Å². The number of alkyl carbamates (subject to hydrolysis) is 1. The highest BCUT2D eigenvalue weighted by Crippen LogP contribution is 2.17. The van der Waals surface area contributed by atoms with Crippen molar-refractivity contribution in [3.05, 3.63) is 34.2 Å². The number of rotatable bonds is 2. The van der Waals surface area contributed by atoms with Crippen molar-refractivity contribution in [3.63, 3.8) is 0 Å². The normalized spacial score (nSPS) is 11.7. The molecule has 0 atom stereocenters. The summed E-state index contributed by atoms with van der Waals surface area (Å²) in [5.74, 6) is 0. The minimum atomic E-state index is -0.496. The summed E-state index contributed by atoms with van der Waals surface area (Å²) in [6.07, 6.45) is 3.39. The molecule has 0 aliphatic rings. The minimum Gasteiger partial charge on any atom is -0.444 e. The number of fused-ring (bicyclic) bond motifs is 1. The number of nitrogens with zero attached hydrogens (tertiary/aromatic N) is 2. The second-order valence-corrected chi connectivity index (χ2v) is 6.58. The average molecular weight is 340 g/mol. The van der Waals surface area contributed by atoms with E-state index in [1.165, 1.54) is 0 Å². The van der Waals surface area contributed by atoms with E-state index in [0.717, 1.165) is 21.4 Å². The fraction of sp³-hybridized carbons (Fsp3) is 0.429. The number of pyridine rings is 1. The zero-order valence-electron chi connectivity index (χ0n) is 12.0. The summed E-state index contributed by atoms with van der Waals surface area (Å²) in [4.78, 5) is 16.1. The van der Waals surface area contributed by atoms with Crippen LogP contribution in [0.2, 0.25) is 0 Å². The molecule has 0 bridgehead atoms. The quantitative estimate of drug-likeness (QED) is 0.911. The molecule has 0 aromatic carbocycles. The van der Waals surface area contributed by atoms with Gasteiger partial charge >= 0.3 is 6.09 Å². The molecule has 0 aliphatic heterocycles. The standard InChI is InChI=1S/C14H18BrN3O2/c1-9-5-10(15)7-18-8-11(17-12(9)18)6-16-13(19)20-14(2,3)4/h5,7-8H,6H2,1-4H3,(H,16,19). The van der Waals surface area contributed by atoms with Crippen LogP contribution in [-0.2, 0) is 11.3 Å². The lowest BCUT2D eigenvalue weighted by Gasteiger charge is -2.19. The first-order valence-electron chi connectivity index (χ1n) is 6.35. The first-order valence-corrected chi connectivity index (χ1v) is 7.14.